The summed E-state index contributed by atoms with van der Waals surface area (Å²) in [6.45, 7) is 5.80. The first-order chi connectivity index (χ1) is 13.5. The topological polar surface area (TPSA) is 81.8 Å². The number of nitrogens with zero attached hydrogens (tertiary/aromatic N) is 4. The van der Waals surface area contributed by atoms with Gasteiger partial charge in [0.05, 0.1) is 5.69 Å². The zero-order chi connectivity index (χ0) is 20.1. The Morgan fingerprint density at radius 3 is 2.46 bits per heavy atom. The standard InChI is InChI=1S/C21H25N5O2/c1-4-5-6-17-7-9-18(10-8-17)22-20(27)14-25-21(28)12-11-19(24-25)26-16(3)13-15(2)23-26/h7-13H,4-6,14H2,1-3H3,(H,22,27). The van der Waals surface area contributed by atoms with Crippen molar-refractivity contribution in [2.75, 3.05) is 5.32 Å². The molecule has 7 heteroatoms. The van der Waals surface area contributed by atoms with Gasteiger partial charge in [-0.15, -0.1) is 5.10 Å². The highest BCUT2D eigenvalue weighted by atomic mass is 16.2. The number of rotatable bonds is 7. The van der Waals surface area contributed by atoms with Gasteiger partial charge in [0.2, 0.25) is 5.91 Å². The van der Waals surface area contributed by atoms with Gasteiger partial charge in [0, 0.05) is 17.4 Å². The fourth-order valence-corrected chi connectivity index (χ4v) is 3.00. The van der Waals surface area contributed by atoms with Gasteiger partial charge < -0.3 is 5.32 Å². The fraction of sp³-hybridized carbons (Fsp3) is 0.333. The predicted molar refractivity (Wildman–Crippen MR) is 109 cm³/mol. The number of carbonyl (C=O) groups is 1. The molecule has 2 heterocycles. The number of amides is 1. The first kappa shape index (κ1) is 19.5. The molecule has 0 spiro atoms. The Morgan fingerprint density at radius 1 is 1.07 bits per heavy atom. The predicted octanol–water partition coefficient (Wildman–Crippen LogP) is 3.03. The van der Waals surface area contributed by atoms with Crippen LogP contribution in [0.1, 0.15) is 36.7 Å². The quantitative estimate of drug-likeness (QED) is 0.684. The molecule has 0 aliphatic rings. The molecule has 28 heavy (non-hydrogen) atoms. The molecule has 3 aromatic rings. The third-order valence-corrected chi connectivity index (χ3v) is 4.43. The van der Waals surface area contributed by atoms with Crippen LogP contribution in [0, 0.1) is 13.8 Å². The molecule has 0 fully saturated rings. The van der Waals surface area contributed by atoms with Crippen LogP contribution in [-0.2, 0) is 17.8 Å². The Kier molecular flexibility index (Phi) is 6.03. The number of benzene rings is 1. The lowest BCUT2D eigenvalue weighted by atomic mass is 10.1. The minimum Gasteiger partial charge on any atom is -0.324 e. The molecular formula is C21H25N5O2. The van der Waals surface area contributed by atoms with Crippen molar-refractivity contribution >= 4 is 11.6 Å². The Hall–Kier alpha value is -3.22. The zero-order valence-corrected chi connectivity index (χ0v) is 16.5. The van der Waals surface area contributed by atoms with Gasteiger partial charge >= 0.3 is 0 Å². The molecule has 0 atom stereocenters. The lowest BCUT2D eigenvalue weighted by Crippen LogP contribution is -2.30. The summed E-state index contributed by atoms with van der Waals surface area (Å²) in [6.07, 6.45) is 3.33. The van der Waals surface area contributed by atoms with E-state index < -0.39 is 0 Å². The van der Waals surface area contributed by atoms with Crippen LogP contribution in [0.15, 0.2) is 47.3 Å². The largest absolute Gasteiger partial charge is 0.324 e. The SMILES string of the molecule is CCCCc1ccc(NC(=O)Cn2nc(-n3nc(C)cc3C)ccc2=O)cc1. The molecule has 0 radical (unpaired) electrons. The van der Waals surface area contributed by atoms with Crippen molar-refractivity contribution in [1.29, 1.82) is 0 Å². The molecule has 0 aliphatic carbocycles. The fourth-order valence-electron chi connectivity index (χ4n) is 3.00. The Morgan fingerprint density at radius 2 is 1.82 bits per heavy atom. The van der Waals surface area contributed by atoms with E-state index >= 15 is 0 Å². The van der Waals surface area contributed by atoms with E-state index in [1.165, 1.54) is 11.6 Å². The number of carbonyl (C=O) groups excluding carboxylic acids is 1. The molecule has 7 nitrogen and oxygen atoms in total. The normalized spacial score (nSPS) is 10.8. The summed E-state index contributed by atoms with van der Waals surface area (Å²) in [4.78, 5) is 24.5. The number of aryl methyl sites for hydroxylation is 3. The minimum atomic E-state index is -0.338. The molecule has 0 aliphatic heterocycles. The van der Waals surface area contributed by atoms with Crippen molar-refractivity contribution in [3.8, 4) is 5.82 Å². The Labute approximate surface area is 164 Å². The van der Waals surface area contributed by atoms with Gasteiger partial charge in [-0.2, -0.15) is 5.10 Å². The summed E-state index contributed by atoms with van der Waals surface area (Å²) < 4.78 is 2.80. The van der Waals surface area contributed by atoms with E-state index in [2.05, 4.69) is 22.4 Å². The highest BCUT2D eigenvalue weighted by Crippen LogP contribution is 2.12. The first-order valence-corrected chi connectivity index (χ1v) is 9.47. The van der Waals surface area contributed by atoms with Crippen LogP contribution in [0.2, 0.25) is 0 Å². The lowest BCUT2D eigenvalue weighted by molar-refractivity contribution is -0.117. The van der Waals surface area contributed by atoms with Crippen molar-refractivity contribution in [2.45, 2.75) is 46.6 Å². The molecule has 146 valence electrons. The summed E-state index contributed by atoms with van der Waals surface area (Å²) >= 11 is 0. The van der Waals surface area contributed by atoms with E-state index in [-0.39, 0.29) is 18.0 Å². The van der Waals surface area contributed by atoms with Crippen LogP contribution in [0.5, 0.6) is 0 Å². The second-order valence-corrected chi connectivity index (χ2v) is 6.87. The van der Waals surface area contributed by atoms with Gasteiger partial charge in [0.25, 0.3) is 5.56 Å². The average molecular weight is 379 g/mol. The van der Waals surface area contributed by atoms with Crippen LogP contribution >= 0.6 is 0 Å². The minimum absolute atomic E-state index is 0.163. The smallest absolute Gasteiger partial charge is 0.267 e. The van der Waals surface area contributed by atoms with Crippen LogP contribution in [0.25, 0.3) is 5.82 Å². The van der Waals surface area contributed by atoms with E-state index in [0.29, 0.717) is 11.5 Å². The van der Waals surface area contributed by atoms with E-state index in [0.717, 1.165) is 35.3 Å². The van der Waals surface area contributed by atoms with Gasteiger partial charge in [-0.05, 0) is 56.5 Å². The summed E-state index contributed by atoms with van der Waals surface area (Å²) in [5, 5.41) is 11.5. The average Bonchev–Trinajstić information content (AvgIpc) is 3.01. The molecule has 0 bridgehead atoms. The van der Waals surface area contributed by atoms with Crippen molar-refractivity contribution in [3.05, 3.63) is 69.8 Å². The summed E-state index contributed by atoms with van der Waals surface area (Å²) in [7, 11) is 0. The monoisotopic (exact) mass is 379 g/mol. The molecule has 0 saturated carbocycles. The molecular weight excluding hydrogens is 354 g/mol. The van der Waals surface area contributed by atoms with Crippen LogP contribution in [0.3, 0.4) is 0 Å². The second kappa shape index (κ2) is 8.65. The van der Waals surface area contributed by atoms with Gasteiger partial charge in [-0.1, -0.05) is 25.5 Å². The number of hydrogen-bond acceptors (Lipinski definition) is 4. The van der Waals surface area contributed by atoms with Crippen molar-refractivity contribution in [3.63, 3.8) is 0 Å². The lowest BCUT2D eigenvalue weighted by Gasteiger charge is -2.09. The summed E-state index contributed by atoms with van der Waals surface area (Å²) in [6, 6.07) is 12.7. The maximum absolute atomic E-state index is 12.4. The number of anilines is 1. The van der Waals surface area contributed by atoms with Crippen molar-refractivity contribution in [1.82, 2.24) is 19.6 Å². The van der Waals surface area contributed by atoms with E-state index in [1.54, 1.807) is 10.7 Å². The second-order valence-electron chi connectivity index (χ2n) is 6.87. The molecule has 1 amide bonds. The van der Waals surface area contributed by atoms with E-state index in [9.17, 15) is 9.59 Å². The van der Waals surface area contributed by atoms with Crippen molar-refractivity contribution in [2.24, 2.45) is 0 Å². The third-order valence-electron chi connectivity index (χ3n) is 4.43. The summed E-state index contributed by atoms with van der Waals surface area (Å²) in [5.74, 6) is 0.194. The molecule has 2 aromatic heterocycles. The first-order valence-electron chi connectivity index (χ1n) is 9.47. The van der Waals surface area contributed by atoms with Gasteiger partial charge in [0.1, 0.15) is 6.54 Å². The molecule has 1 N–H and O–H groups in total. The third kappa shape index (κ3) is 4.73. The van der Waals surface area contributed by atoms with Crippen LogP contribution in [0.4, 0.5) is 5.69 Å². The number of aromatic nitrogens is 4. The Balaban J connectivity index is 1.71. The molecule has 3 rings (SSSR count). The highest BCUT2D eigenvalue weighted by Gasteiger charge is 2.10. The molecule has 0 saturated heterocycles. The number of hydrogen-bond donors (Lipinski definition) is 1. The van der Waals surface area contributed by atoms with Gasteiger partial charge in [-0.3, -0.25) is 9.59 Å². The van der Waals surface area contributed by atoms with E-state index in [4.69, 9.17) is 0 Å². The molecule has 1 aromatic carbocycles. The van der Waals surface area contributed by atoms with Gasteiger partial charge in [0.15, 0.2) is 5.82 Å². The molecule has 0 unspecified atom stereocenters. The summed E-state index contributed by atoms with van der Waals surface area (Å²) in [5.41, 5.74) is 3.37. The zero-order valence-electron chi connectivity index (χ0n) is 16.5. The van der Waals surface area contributed by atoms with Crippen molar-refractivity contribution < 1.29 is 4.79 Å². The van der Waals surface area contributed by atoms with Crippen LogP contribution < -0.4 is 10.9 Å². The van der Waals surface area contributed by atoms with Gasteiger partial charge in [-0.25, -0.2) is 9.36 Å². The van der Waals surface area contributed by atoms with Crippen LogP contribution in [-0.4, -0.2) is 25.5 Å². The maximum atomic E-state index is 12.4. The Bertz CT molecular complexity index is 1020. The number of unbranched alkanes of at least 4 members (excludes halogenated alkanes) is 1. The maximum Gasteiger partial charge on any atom is 0.267 e. The highest BCUT2D eigenvalue weighted by molar-refractivity contribution is 5.90. The number of nitrogens with one attached hydrogen (secondary N) is 1. The van der Waals surface area contributed by atoms with E-state index in [1.807, 2.05) is 44.2 Å².